The van der Waals surface area contributed by atoms with Gasteiger partial charge in [0, 0.05) is 55.2 Å². The normalized spacial score (nSPS) is 17.6. The average molecular weight is 618 g/mol. The van der Waals surface area contributed by atoms with Crippen LogP contribution in [0.2, 0.25) is 0 Å². The van der Waals surface area contributed by atoms with Gasteiger partial charge in [-0.2, -0.15) is 0 Å². The number of aliphatic carboxylic acids is 1. The number of ether oxygens (including phenoxy) is 2. The van der Waals surface area contributed by atoms with Crippen molar-refractivity contribution in [1.82, 2.24) is 9.88 Å². The molecule has 5 rings (SSSR count). The molecule has 1 atom stereocenters. The number of halogens is 1. The third kappa shape index (κ3) is 7.33. The topological polar surface area (TPSA) is 75.1 Å². The molecule has 0 bridgehead atoms. The van der Waals surface area contributed by atoms with Crippen LogP contribution in [0, 0.1) is 25.1 Å². The molecule has 1 N–H and O–H groups in total. The van der Waals surface area contributed by atoms with Crippen molar-refractivity contribution in [3.8, 4) is 16.9 Å². The lowest BCUT2D eigenvalue weighted by atomic mass is 9.81. The highest BCUT2D eigenvalue weighted by molar-refractivity contribution is 5.88. The van der Waals surface area contributed by atoms with Crippen LogP contribution in [0.1, 0.15) is 87.2 Å². The lowest BCUT2D eigenvalue weighted by Gasteiger charge is -2.41. The maximum atomic E-state index is 14.0. The van der Waals surface area contributed by atoms with Crippen molar-refractivity contribution >= 4 is 11.7 Å². The average Bonchev–Trinajstić information content (AvgIpc) is 2.96. The van der Waals surface area contributed by atoms with Crippen LogP contribution in [0.25, 0.3) is 11.1 Å². The summed E-state index contributed by atoms with van der Waals surface area (Å²) in [7, 11) is 1.49. The van der Waals surface area contributed by atoms with E-state index in [9.17, 15) is 14.3 Å². The van der Waals surface area contributed by atoms with E-state index in [-0.39, 0.29) is 17.0 Å². The molecule has 7 nitrogen and oxygen atoms in total. The first kappa shape index (κ1) is 32.9. The van der Waals surface area contributed by atoms with Gasteiger partial charge in [-0.25, -0.2) is 9.18 Å². The summed E-state index contributed by atoms with van der Waals surface area (Å²) < 4.78 is 25.4. The van der Waals surface area contributed by atoms with Crippen LogP contribution in [0.4, 0.5) is 10.1 Å². The molecule has 1 aromatic heterocycles. The fourth-order valence-corrected chi connectivity index (χ4v) is 6.72. The van der Waals surface area contributed by atoms with E-state index in [0.717, 1.165) is 73.5 Å². The molecule has 0 unspecified atom stereocenters. The van der Waals surface area contributed by atoms with Crippen molar-refractivity contribution in [2.24, 2.45) is 5.41 Å². The molecule has 3 aromatic rings. The van der Waals surface area contributed by atoms with Crippen molar-refractivity contribution in [2.75, 3.05) is 31.6 Å². The van der Waals surface area contributed by atoms with Gasteiger partial charge in [-0.05, 0) is 93.7 Å². The third-order valence-corrected chi connectivity index (χ3v) is 9.18. The van der Waals surface area contributed by atoms with Crippen molar-refractivity contribution in [2.45, 2.75) is 92.5 Å². The van der Waals surface area contributed by atoms with E-state index in [1.54, 1.807) is 6.07 Å². The van der Waals surface area contributed by atoms with E-state index in [1.807, 2.05) is 40.7 Å². The van der Waals surface area contributed by atoms with E-state index in [1.165, 1.54) is 24.3 Å². The molecule has 0 radical (unpaired) electrons. The zero-order valence-corrected chi connectivity index (χ0v) is 28.1. The Bertz CT molecular complexity index is 1570. The van der Waals surface area contributed by atoms with Crippen LogP contribution in [-0.4, -0.2) is 53.3 Å². The molecule has 2 aliphatic heterocycles. The maximum Gasteiger partial charge on any atom is 0.337 e. The number of nitrogens with zero attached hydrogens (tertiary/aromatic N) is 3. The molecular formula is C37H48FN3O4. The number of hydrogen-bond donors (Lipinski definition) is 1. The SMILES string of the molecule is COc1cc(CN2CCc3cc(-c4c(C)nc(C)c([C@H](OC(C)(C)C)C(=O)O)c4N4CCC(C)(C)CC4)ccc3C2)ccc1F. The van der Waals surface area contributed by atoms with Crippen LogP contribution < -0.4 is 9.64 Å². The second-order valence-electron chi connectivity index (χ2n) is 14.4. The fourth-order valence-electron chi connectivity index (χ4n) is 6.72. The van der Waals surface area contributed by atoms with Gasteiger partial charge in [0.25, 0.3) is 0 Å². The Morgan fingerprint density at radius 2 is 1.76 bits per heavy atom. The molecule has 1 fully saturated rings. The minimum absolute atomic E-state index is 0.235. The predicted octanol–water partition coefficient (Wildman–Crippen LogP) is 7.64. The fraction of sp³-hybridized carbons (Fsp3) is 0.514. The number of fused-ring (bicyclic) bond motifs is 1. The summed E-state index contributed by atoms with van der Waals surface area (Å²) in [5.41, 5.74) is 8.35. The number of anilines is 1. The van der Waals surface area contributed by atoms with Gasteiger partial charge >= 0.3 is 5.97 Å². The molecule has 3 heterocycles. The molecule has 0 saturated carbocycles. The number of carbonyl (C=O) groups is 1. The van der Waals surface area contributed by atoms with Gasteiger partial charge in [-0.1, -0.05) is 38.1 Å². The first-order valence-corrected chi connectivity index (χ1v) is 16.0. The standard InChI is InChI=1S/C37H48FN3O4/c1-23-31(27-10-11-28-22-40(16-13-26(28)20-27)21-25-9-12-29(38)30(19-25)44-8)33(41-17-14-37(6,7)15-18-41)32(24(2)39-23)34(35(42)43)45-36(3,4)5/h9-12,19-20,34H,13-18,21-22H2,1-8H3,(H,42,43)/t34-/m0/s1. The highest BCUT2D eigenvalue weighted by Gasteiger charge is 2.36. The number of carboxylic acids is 1. The molecule has 1 saturated heterocycles. The minimum Gasteiger partial charge on any atom is -0.494 e. The van der Waals surface area contributed by atoms with Gasteiger partial charge in [-0.15, -0.1) is 0 Å². The molecule has 0 aliphatic carbocycles. The third-order valence-electron chi connectivity index (χ3n) is 9.18. The number of pyridine rings is 1. The van der Waals surface area contributed by atoms with Crippen molar-refractivity contribution < 1.29 is 23.8 Å². The molecule has 2 aliphatic rings. The van der Waals surface area contributed by atoms with Gasteiger partial charge in [0.2, 0.25) is 0 Å². The summed E-state index contributed by atoms with van der Waals surface area (Å²) in [5, 5.41) is 10.5. The van der Waals surface area contributed by atoms with Crippen molar-refractivity contribution in [3.05, 3.63) is 75.9 Å². The number of benzene rings is 2. The number of methoxy groups -OCH3 is 1. The summed E-state index contributed by atoms with van der Waals surface area (Å²) in [6.07, 6.45) is 1.78. The summed E-state index contributed by atoms with van der Waals surface area (Å²) >= 11 is 0. The second kappa shape index (κ2) is 12.7. The number of rotatable bonds is 8. The summed E-state index contributed by atoms with van der Waals surface area (Å²) in [5.74, 6) is -1.09. The highest BCUT2D eigenvalue weighted by atomic mass is 19.1. The van der Waals surface area contributed by atoms with E-state index in [0.29, 0.717) is 17.8 Å². The first-order valence-electron chi connectivity index (χ1n) is 16.0. The Morgan fingerprint density at radius 1 is 1.04 bits per heavy atom. The van der Waals surface area contributed by atoms with Gasteiger partial charge < -0.3 is 19.5 Å². The quantitative estimate of drug-likeness (QED) is 0.278. The number of carboxylic acid groups (broad SMARTS) is 1. The van der Waals surface area contributed by atoms with Crippen LogP contribution >= 0.6 is 0 Å². The molecule has 0 amide bonds. The first-order chi connectivity index (χ1) is 21.2. The minimum atomic E-state index is -1.14. The maximum absolute atomic E-state index is 14.0. The number of piperidine rings is 1. The molecule has 2 aromatic carbocycles. The van der Waals surface area contributed by atoms with E-state index in [2.05, 4.69) is 41.8 Å². The molecule has 242 valence electrons. The van der Waals surface area contributed by atoms with E-state index < -0.39 is 17.7 Å². The second-order valence-corrected chi connectivity index (χ2v) is 14.4. The monoisotopic (exact) mass is 617 g/mol. The molecule has 8 heteroatoms. The largest absolute Gasteiger partial charge is 0.494 e. The number of aryl methyl sites for hydroxylation is 2. The lowest BCUT2D eigenvalue weighted by molar-refractivity contribution is -0.160. The van der Waals surface area contributed by atoms with Crippen molar-refractivity contribution in [3.63, 3.8) is 0 Å². The van der Waals surface area contributed by atoms with Crippen LogP contribution in [0.5, 0.6) is 5.75 Å². The zero-order valence-electron chi connectivity index (χ0n) is 28.1. The Kier molecular flexibility index (Phi) is 9.30. The Labute approximate surface area is 267 Å². The highest BCUT2D eigenvalue weighted by Crippen LogP contribution is 2.45. The zero-order chi connectivity index (χ0) is 32.7. The number of hydrogen-bond acceptors (Lipinski definition) is 6. The van der Waals surface area contributed by atoms with E-state index in [4.69, 9.17) is 14.5 Å². The van der Waals surface area contributed by atoms with Gasteiger partial charge in [0.15, 0.2) is 17.7 Å². The number of aromatic nitrogens is 1. The van der Waals surface area contributed by atoms with Crippen LogP contribution in [0.15, 0.2) is 36.4 Å². The van der Waals surface area contributed by atoms with Crippen LogP contribution in [0.3, 0.4) is 0 Å². The summed E-state index contributed by atoms with van der Waals surface area (Å²) in [6.45, 7) is 18.3. The van der Waals surface area contributed by atoms with E-state index >= 15 is 0 Å². The van der Waals surface area contributed by atoms with Gasteiger partial charge in [0.1, 0.15) is 0 Å². The summed E-state index contributed by atoms with van der Waals surface area (Å²) in [6, 6.07) is 11.7. The Balaban J connectivity index is 1.54. The Morgan fingerprint density at radius 3 is 2.40 bits per heavy atom. The molecule has 45 heavy (non-hydrogen) atoms. The smallest absolute Gasteiger partial charge is 0.337 e. The van der Waals surface area contributed by atoms with Crippen molar-refractivity contribution in [1.29, 1.82) is 0 Å². The molecule has 0 spiro atoms. The van der Waals surface area contributed by atoms with Gasteiger partial charge in [-0.3, -0.25) is 9.88 Å². The lowest BCUT2D eigenvalue weighted by Crippen LogP contribution is -2.39. The Hall–Kier alpha value is -3.49. The molecular weight excluding hydrogens is 569 g/mol. The summed E-state index contributed by atoms with van der Waals surface area (Å²) in [4.78, 5) is 22.5. The predicted molar refractivity (Wildman–Crippen MR) is 176 cm³/mol. The van der Waals surface area contributed by atoms with Gasteiger partial charge in [0.05, 0.1) is 18.4 Å². The van der Waals surface area contributed by atoms with Crippen LogP contribution in [-0.2, 0) is 29.0 Å².